The Labute approximate surface area is 158 Å². The summed E-state index contributed by atoms with van der Waals surface area (Å²) in [5.74, 6) is 3.38. The van der Waals surface area contributed by atoms with Crippen molar-refractivity contribution in [3.8, 4) is 0 Å². The van der Waals surface area contributed by atoms with Gasteiger partial charge in [0.05, 0.1) is 18.8 Å². The van der Waals surface area contributed by atoms with Gasteiger partial charge in [0.25, 0.3) is 0 Å². The largest absolute Gasteiger partial charge is 0.361 e. The van der Waals surface area contributed by atoms with E-state index < -0.39 is 0 Å². The molecule has 2 heterocycles. The number of aliphatic imine (C=N–C) groups is 1. The first-order valence-electron chi connectivity index (χ1n) is 7.86. The second-order valence-corrected chi connectivity index (χ2v) is 5.96. The van der Waals surface area contributed by atoms with E-state index in [9.17, 15) is 0 Å². The third-order valence-corrected chi connectivity index (χ3v) is 4.09. The Morgan fingerprint density at radius 2 is 2.04 bits per heavy atom. The molecule has 9 heteroatoms. The molecule has 0 saturated heterocycles. The quantitative estimate of drug-likeness (QED) is 0.414. The standard InChI is InChI=1S/C15H23N7O.HI/c1-9-13(10(2)23-21-9)7-16-15(18-12-5-6-12)17-8-14-20-19-11(3)22(14)4;/h12H,5-8H2,1-4H3,(H2,16,17,18);1H. The zero-order chi connectivity index (χ0) is 16.4. The maximum absolute atomic E-state index is 5.19. The van der Waals surface area contributed by atoms with E-state index in [0.717, 1.165) is 34.6 Å². The first kappa shape index (κ1) is 18.7. The number of aromatic nitrogens is 4. The van der Waals surface area contributed by atoms with Crippen LogP contribution in [-0.4, -0.2) is 31.9 Å². The van der Waals surface area contributed by atoms with Crippen LogP contribution in [0.25, 0.3) is 0 Å². The molecule has 24 heavy (non-hydrogen) atoms. The summed E-state index contributed by atoms with van der Waals surface area (Å²) in [5, 5.41) is 18.9. The Balaban J connectivity index is 0.00000208. The van der Waals surface area contributed by atoms with Crippen LogP contribution in [-0.2, 0) is 20.1 Å². The fourth-order valence-corrected chi connectivity index (χ4v) is 2.23. The van der Waals surface area contributed by atoms with Gasteiger partial charge in [0, 0.05) is 18.7 Å². The molecule has 3 rings (SSSR count). The monoisotopic (exact) mass is 445 g/mol. The summed E-state index contributed by atoms with van der Waals surface area (Å²) in [4.78, 5) is 4.66. The highest BCUT2D eigenvalue weighted by Crippen LogP contribution is 2.19. The van der Waals surface area contributed by atoms with Gasteiger partial charge in [0.15, 0.2) is 11.8 Å². The highest BCUT2D eigenvalue weighted by Gasteiger charge is 2.22. The van der Waals surface area contributed by atoms with Crippen LogP contribution in [0.4, 0.5) is 0 Å². The number of halogens is 1. The summed E-state index contributed by atoms with van der Waals surface area (Å²) in [7, 11) is 1.96. The number of aryl methyl sites for hydroxylation is 3. The van der Waals surface area contributed by atoms with Crippen molar-refractivity contribution in [2.75, 3.05) is 0 Å². The average molecular weight is 445 g/mol. The summed E-state index contributed by atoms with van der Waals surface area (Å²) in [6.07, 6.45) is 2.38. The predicted molar refractivity (Wildman–Crippen MR) is 101 cm³/mol. The average Bonchev–Trinajstić information content (AvgIpc) is 3.22. The minimum atomic E-state index is 0. The zero-order valence-corrected chi connectivity index (χ0v) is 16.8. The van der Waals surface area contributed by atoms with Crippen molar-refractivity contribution in [2.45, 2.75) is 52.7 Å². The Morgan fingerprint density at radius 3 is 2.58 bits per heavy atom. The fourth-order valence-electron chi connectivity index (χ4n) is 2.23. The van der Waals surface area contributed by atoms with Gasteiger partial charge in [-0.1, -0.05) is 5.16 Å². The summed E-state index contributed by atoms with van der Waals surface area (Å²) in [5.41, 5.74) is 1.93. The van der Waals surface area contributed by atoms with Gasteiger partial charge in [-0.2, -0.15) is 0 Å². The van der Waals surface area contributed by atoms with E-state index in [4.69, 9.17) is 4.52 Å². The summed E-state index contributed by atoms with van der Waals surface area (Å²) >= 11 is 0. The van der Waals surface area contributed by atoms with Crippen LogP contribution >= 0.6 is 24.0 Å². The Hall–Kier alpha value is -1.65. The third kappa shape index (κ3) is 4.46. The fraction of sp³-hybridized carbons (Fsp3) is 0.600. The van der Waals surface area contributed by atoms with Crippen molar-refractivity contribution in [1.82, 2.24) is 30.6 Å². The first-order valence-corrected chi connectivity index (χ1v) is 7.86. The molecule has 0 amide bonds. The van der Waals surface area contributed by atoms with Crippen molar-refractivity contribution in [1.29, 1.82) is 0 Å². The highest BCUT2D eigenvalue weighted by atomic mass is 127. The molecule has 0 atom stereocenters. The molecule has 2 aromatic rings. The number of hydrogen-bond acceptors (Lipinski definition) is 5. The minimum absolute atomic E-state index is 0. The van der Waals surface area contributed by atoms with Crippen LogP contribution < -0.4 is 10.6 Å². The van der Waals surface area contributed by atoms with Crippen molar-refractivity contribution in [3.05, 3.63) is 28.7 Å². The summed E-state index contributed by atoms with van der Waals surface area (Å²) in [6, 6.07) is 0.521. The third-order valence-electron chi connectivity index (χ3n) is 4.09. The smallest absolute Gasteiger partial charge is 0.192 e. The summed E-state index contributed by atoms with van der Waals surface area (Å²) in [6.45, 7) is 6.91. The lowest BCUT2D eigenvalue weighted by atomic mass is 10.2. The van der Waals surface area contributed by atoms with Gasteiger partial charge < -0.3 is 19.7 Å². The van der Waals surface area contributed by atoms with Crippen LogP contribution in [0.1, 0.15) is 41.5 Å². The minimum Gasteiger partial charge on any atom is -0.361 e. The molecule has 1 fully saturated rings. The lowest BCUT2D eigenvalue weighted by Gasteiger charge is -2.11. The molecule has 2 N–H and O–H groups in total. The Kier molecular flexibility index (Phi) is 6.19. The number of nitrogens with zero attached hydrogens (tertiary/aromatic N) is 5. The maximum Gasteiger partial charge on any atom is 0.192 e. The molecule has 132 valence electrons. The van der Waals surface area contributed by atoms with Crippen molar-refractivity contribution < 1.29 is 4.52 Å². The zero-order valence-electron chi connectivity index (χ0n) is 14.5. The lowest BCUT2D eigenvalue weighted by molar-refractivity contribution is 0.392. The predicted octanol–water partition coefficient (Wildman–Crippen LogP) is 1.74. The van der Waals surface area contributed by atoms with Gasteiger partial charge in [0.2, 0.25) is 0 Å². The van der Waals surface area contributed by atoms with Crippen LogP contribution in [0, 0.1) is 20.8 Å². The van der Waals surface area contributed by atoms with E-state index in [1.165, 1.54) is 12.8 Å². The molecular formula is C15H24IN7O. The number of rotatable bonds is 5. The number of nitrogens with one attached hydrogen (secondary N) is 2. The van der Waals surface area contributed by atoms with Crippen molar-refractivity contribution in [2.24, 2.45) is 12.0 Å². The lowest BCUT2D eigenvalue weighted by Crippen LogP contribution is -2.38. The van der Waals surface area contributed by atoms with E-state index >= 15 is 0 Å². The second kappa shape index (κ2) is 7.95. The molecule has 0 unspecified atom stereocenters. The van der Waals surface area contributed by atoms with Crippen molar-refractivity contribution in [3.63, 3.8) is 0 Å². The van der Waals surface area contributed by atoms with Gasteiger partial charge in [-0.3, -0.25) is 0 Å². The Bertz CT molecular complexity index is 698. The molecule has 1 aliphatic rings. The van der Waals surface area contributed by atoms with E-state index in [-0.39, 0.29) is 24.0 Å². The van der Waals surface area contributed by atoms with Gasteiger partial charge in [-0.05, 0) is 33.6 Å². The normalized spacial score (nSPS) is 14.4. The van der Waals surface area contributed by atoms with E-state index in [0.29, 0.717) is 19.1 Å². The summed E-state index contributed by atoms with van der Waals surface area (Å²) < 4.78 is 7.16. The van der Waals surface area contributed by atoms with Crippen LogP contribution in [0.2, 0.25) is 0 Å². The molecule has 0 aliphatic heterocycles. The molecule has 0 radical (unpaired) electrons. The van der Waals surface area contributed by atoms with Gasteiger partial charge in [-0.15, -0.1) is 34.2 Å². The second-order valence-electron chi connectivity index (χ2n) is 5.96. The molecule has 1 aliphatic carbocycles. The SMILES string of the molecule is Cc1noc(C)c1CN=C(NCc1nnc(C)n1C)NC1CC1.I. The highest BCUT2D eigenvalue weighted by molar-refractivity contribution is 14.0. The molecular weight excluding hydrogens is 421 g/mol. The molecule has 8 nitrogen and oxygen atoms in total. The van der Waals surface area contributed by atoms with E-state index in [1.807, 2.05) is 32.4 Å². The van der Waals surface area contributed by atoms with Crippen LogP contribution in [0.15, 0.2) is 9.52 Å². The van der Waals surface area contributed by atoms with Gasteiger partial charge >= 0.3 is 0 Å². The maximum atomic E-state index is 5.19. The molecule has 0 bridgehead atoms. The van der Waals surface area contributed by atoms with Crippen LogP contribution in [0.3, 0.4) is 0 Å². The number of hydrogen-bond donors (Lipinski definition) is 2. The Morgan fingerprint density at radius 1 is 1.29 bits per heavy atom. The first-order chi connectivity index (χ1) is 11.0. The molecule has 0 spiro atoms. The molecule has 1 saturated carbocycles. The molecule has 0 aromatic carbocycles. The van der Waals surface area contributed by atoms with Crippen molar-refractivity contribution >= 4 is 29.9 Å². The topological polar surface area (TPSA) is 93.2 Å². The van der Waals surface area contributed by atoms with E-state index in [1.54, 1.807) is 0 Å². The molecule has 2 aromatic heterocycles. The van der Waals surface area contributed by atoms with E-state index in [2.05, 4.69) is 31.0 Å². The number of guanidine groups is 1. The van der Waals surface area contributed by atoms with Crippen LogP contribution in [0.5, 0.6) is 0 Å². The van der Waals surface area contributed by atoms with Gasteiger partial charge in [0.1, 0.15) is 11.6 Å². The van der Waals surface area contributed by atoms with Gasteiger partial charge in [-0.25, -0.2) is 4.99 Å².